The minimum Gasteiger partial charge on any atom is -0.457 e. The fraction of sp³-hybridized carbons (Fsp3) is 0.200. The van der Waals surface area contributed by atoms with Crippen LogP contribution in [0.1, 0.15) is 23.0 Å². The number of carbonyl (C=O) groups excluding carboxylic acids is 2. The first-order chi connectivity index (χ1) is 9.56. The summed E-state index contributed by atoms with van der Waals surface area (Å²) in [5.74, 6) is -0.988. The van der Waals surface area contributed by atoms with Gasteiger partial charge in [-0.15, -0.1) is 0 Å². The number of ether oxygens (including phenoxy) is 1. The molecule has 0 aliphatic heterocycles. The molecule has 0 unspecified atom stereocenters. The van der Waals surface area contributed by atoms with E-state index in [9.17, 15) is 9.59 Å². The monoisotopic (exact) mass is 273 g/mol. The maximum absolute atomic E-state index is 11.9. The van der Waals surface area contributed by atoms with Crippen molar-refractivity contribution in [2.45, 2.75) is 20.0 Å². The van der Waals surface area contributed by atoms with Gasteiger partial charge in [0.2, 0.25) is 5.76 Å². The maximum atomic E-state index is 11.9. The number of hydrogen-bond acceptors (Lipinski definition) is 4. The Balaban J connectivity index is 1.94. The van der Waals surface area contributed by atoms with E-state index in [1.165, 1.54) is 19.3 Å². The Morgan fingerprint density at radius 3 is 2.70 bits per heavy atom. The Morgan fingerprint density at radius 1 is 1.25 bits per heavy atom. The van der Waals surface area contributed by atoms with Crippen molar-refractivity contribution >= 4 is 17.6 Å². The molecule has 1 aromatic heterocycles. The highest BCUT2D eigenvalue weighted by molar-refractivity contribution is 5.96. The van der Waals surface area contributed by atoms with E-state index in [-0.39, 0.29) is 5.76 Å². The van der Waals surface area contributed by atoms with E-state index in [2.05, 4.69) is 5.32 Å². The molecule has 0 aliphatic rings. The van der Waals surface area contributed by atoms with Crippen molar-refractivity contribution in [3.05, 3.63) is 54.0 Å². The van der Waals surface area contributed by atoms with Crippen molar-refractivity contribution in [3.8, 4) is 0 Å². The summed E-state index contributed by atoms with van der Waals surface area (Å²) in [6.45, 7) is 3.43. The number of hydrogen-bond donors (Lipinski definition) is 1. The van der Waals surface area contributed by atoms with Crippen molar-refractivity contribution in [3.63, 3.8) is 0 Å². The summed E-state index contributed by atoms with van der Waals surface area (Å²) in [7, 11) is 0. The van der Waals surface area contributed by atoms with Gasteiger partial charge in [0.05, 0.1) is 6.26 Å². The number of nitrogens with one attached hydrogen (secondary N) is 1. The van der Waals surface area contributed by atoms with Crippen LogP contribution in [0.4, 0.5) is 5.69 Å². The van der Waals surface area contributed by atoms with Gasteiger partial charge in [-0.1, -0.05) is 12.1 Å². The van der Waals surface area contributed by atoms with Crippen LogP contribution in [-0.2, 0) is 9.53 Å². The van der Waals surface area contributed by atoms with E-state index in [1.807, 2.05) is 25.1 Å². The lowest BCUT2D eigenvalue weighted by Gasteiger charge is -2.12. The number of amides is 1. The van der Waals surface area contributed by atoms with Gasteiger partial charge in [-0.3, -0.25) is 4.79 Å². The molecule has 1 atom stereocenters. The lowest BCUT2D eigenvalue weighted by molar-refractivity contribution is -0.123. The van der Waals surface area contributed by atoms with Gasteiger partial charge in [0.25, 0.3) is 5.91 Å². The molecule has 0 aliphatic carbocycles. The number of aryl methyl sites for hydroxylation is 1. The minimum atomic E-state index is -0.909. The average molecular weight is 273 g/mol. The van der Waals surface area contributed by atoms with E-state index in [1.54, 1.807) is 12.1 Å². The highest BCUT2D eigenvalue weighted by Crippen LogP contribution is 2.11. The largest absolute Gasteiger partial charge is 0.457 e. The van der Waals surface area contributed by atoms with E-state index >= 15 is 0 Å². The summed E-state index contributed by atoms with van der Waals surface area (Å²) in [5.41, 5.74) is 1.69. The van der Waals surface area contributed by atoms with Crippen LogP contribution >= 0.6 is 0 Å². The Morgan fingerprint density at radius 2 is 2.05 bits per heavy atom. The Labute approximate surface area is 116 Å². The van der Waals surface area contributed by atoms with Gasteiger partial charge in [-0.25, -0.2) is 4.79 Å². The zero-order chi connectivity index (χ0) is 14.5. The lowest BCUT2D eigenvalue weighted by atomic mass is 10.2. The molecule has 2 aromatic rings. The van der Waals surface area contributed by atoms with Gasteiger partial charge in [0, 0.05) is 5.69 Å². The zero-order valence-electron chi connectivity index (χ0n) is 11.3. The number of esters is 1. The van der Waals surface area contributed by atoms with Crippen LogP contribution in [0.25, 0.3) is 0 Å². The second kappa shape index (κ2) is 6.06. The molecule has 20 heavy (non-hydrogen) atoms. The molecule has 0 fully saturated rings. The van der Waals surface area contributed by atoms with Crippen LogP contribution in [0.2, 0.25) is 0 Å². The van der Waals surface area contributed by atoms with Gasteiger partial charge in [0.15, 0.2) is 6.10 Å². The summed E-state index contributed by atoms with van der Waals surface area (Å²) in [5, 5.41) is 2.69. The molecular weight excluding hydrogens is 258 g/mol. The van der Waals surface area contributed by atoms with Crippen LogP contribution in [0, 0.1) is 6.92 Å². The fourth-order valence-corrected chi connectivity index (χ4v) is 1.63. The minimum absolute atomic E-state index is 0.0696. The zero-order valence-corrected chi connectivity index (χ0v) is 11.3. The predicted octanol–water partition coefficient (Wildman–Crippen LogP) is 2.77. The molecule has 0 spiro atoms. The summed E-state index contributed by atoms with van der Waals surface area (Å²) >= 11 is 0. The Hall–Kier alpha value is -2.56. The third kappa shape index (κ3) is 3.47. The first-order valence-electron chi connectivity index (χ1n) is 6.18. The highest BCUT2D eigenvalue weighted by atomic mass is 16.6. The molecule has 1 heterocycles. The molecule has 5 nitrogen and oxygen atoms in total. The quantitative estimate of drug-likeness (QED) is 0.870. The molecule has 104 valence electrons. The number of benzene rings is 1. The highest BCUT2D eigenvalue weighted by Gasteiger charge is 2.20. The third-order valence-electron chi connectivity index (χ3n) is 2.66. The van der Waals surface area contributed by atoms with Crippen molar-refractivity contribution in [2.75, 3.05) is 5.32 Å². The van der Waals surface area contributed by atoms with Crippen molar-refractivity contribution in [1.82, 2.24) is 0 Å². The molecule has 0 saturated heterocycles. The molecule has 1 amide bonds. The summed E-state index contributed by atoms with van der Waals surface area (Å²) in [6, 6.07) is 10.4. The molecule has 5 heteroatoms. The fourth-order valence-electron chi connectivity index (χ4n) is 1.63. The summed E-state index contributed by atoms with van der Waals surface area (Å²) < 4.78 is 9.92. The molecule has 0 radical (unpaired) electrons. The van der Waals surface area contributed by atoms with Crippen LogP contribution in [0.5, 0.6) is 0 Å². The van der Waals surface area contributed by atoms with Crippen LogP contribution in [0.15, 0.2) is 47.1 Å². The molecular formula is C15H15NO4. The van der Waals surface area contributed by atoms with Gasteiger partial charge in [0.1, 0.15) is 0 Å². The van der Waals surface area contributed by atoms with Crippen LogP contribution < -0.4 is 5.32 Å². The normalized spacial score (nSPS) is 11.7. The van der Waals surface area contributed by atoms with Crippen molar-refractivity contribution in [2.24, 2.45) is 0 Å². The second-order valence-electron chi connectivity index (χ2n) is 4.38. The Kier molecular flexibility index (Phi) is 4.20. The molecule has 1 aromatic carbocycles. The average Bonchev–Trinajstić information content (AvgIpc) is 2.92. The van der Waals surface area contributed by atoms with Crippen LogP contribution in [-0.4, -0.2) is 18.0 Å². The first-order valence-corrected chi connectivity index (χ1v) is 6.18. The van der Waals surface area contributed by atoms with Gasteiger partial charge >= 0.3 is 5.97 Å². The van der Waals surface area contributed by atoms with Crippen LogP contribution in [0.3, 0.4) is 0 Å². The second-order valence-corrected chi connectivity index (χ2v) is 4.38. The molecule has 1 N–H and O–H groups in total. The number of carbonyl (C=O) groups is 2. The number of rotatable bonds is 4. The van der Waals surface area contributed by atoms with E-state index in [0.717, 1.165) is 5.56 Å². The lowest BCUT2D eigenvalue weighted by Crippen LogP contribution is -2.29. The van der Waals surface area contributed by atoms with Gasteiger partial charge in [-0.2, -0.15) is 0 Å². The molecule has 0 bridgehead atoms. The molecule has 2 rings (SSSR count). The van der Waals surface area contributed by atoms with E-state index in [0.29, 0.717) is 5.69 Å². The first kappa shape index (κ1) is 13.9. The summed E-state index contributed by atoms with van der Waals surface area (Å²) in [4.78, 5) is 23.5. The Bertz CT molecular complexity index is 604. The van der Waals surface area contributed by atoms with Gasteiger partial charge < -0.3 is 14.5 Å². The SMILES string of the molecule is Cc1cccc(NC(=O)[C@H](C)OC(=O)c2ccco2)c1. The topological polar surface area (TPSA) is 68.5 Å². The van der Waals surface area contributed by atoms with Crippen molar-refractivity contribution in [1.29, 1.82) is 0 Å². The summed E-state index contributed by atoms with van der Waals surface area (Å²) in [6.07, 6.45) is 0.460. The van der Waals surface area contributed by atoms with Gasteiger partial charge in [-0.05, 0) is 43.7 Å². The number of anilines is 1. The maximum Gasteiger partial charge on any atom is 0.374 e. The predicted molar refractivity (Wildman–Crippen MR) is 73.4 cm³/mol. The van der Waals surface area contributed by atoms with Crippen molar-refractivity contribution < 1.29 is 18.7 Å². The smallest absolute Gasteiger partial charge is 0.374 e. The molecule has 0 saturated carbocycles. The van der Waals surface area contributed by atoms with E-state index < -0.39 is 18.0 Å². The number of furan rings is 1. The standard InChI is InChI=1S/C15H15NO4/c1-10-5-3-6-12(9-10)16-14(17)11(2)20-15(18)13-7-4-8-19-13/h3-9,11H,1-2H3,(H,16,17)/t11-/m0/s1. The third-order valence-corrected chi connectivity index (χ3v) is 2.66. The van der Waals surface area contributed by atoms with E-state index in [4.69, 9.17) is 9.15 Å².